The van der Waals surface area contributed by atoms with E-state index in [-0.39, 0.29) is 12.1 Å². The molecule has 2 nitrogen and oxygen atoms in total. The fraction of sp³-hybridized carbons (Fsp3) is 0.538. The zero-order valence-corrected chi connectivity index (χ0v) is 11.5. The van der Waals surface area contributed by atoms with Gasteiger partial charge in [-0.3, -0.25) is 0 Å². The molecule has 0 spiro atoms. The Morgan fingerprint density at radius 3 is 2.76 bits per heavy atom. The maximum Gasteiger partial charge on any atom is 0.0618 e. The first kappa shape index (κ1) is 13.2. The van der Waals surface area contributed by atoms with Crippen molar-refractivity contribution in [2.75, 3.05) is 12.4 Å². The molecule has 1 atom stereocenters. The van der Waals surface area contributed by atoms with Crippen LogP contribution in [-0.2, 0) is 0 Å². The Hall–Kier alpha value is -0.220. The average Bonchev–Trinajstić information content (AvgIpc) is 3.12. The quantitative estimate of drug-likeness (QED) is 0.781. The molecule has 1 aliphatic carbocycles. The lowest BCUT2D eigenvalue weighted by Gasteiger charge is -2.28. The molecule has 2 rings (SSSR count). The Kier molecular flexibility index (Phi) is 4.36. The first-order chi connectivity index (χ1) is 8.13. The van der Waals surface area contributed by atoms with Crippen molar-refractivity contribution in [2.24, 2.45) is 0 Å². The molecular weight excluding hydrogens is 254 g/mol. The van der Waals surface area contributed by atoms with Crippen LogP contribution in [0, 0.1) is 0 Å². The Bertz CT molecular complexity index is 383. The lowest BCUT2D eigenvalue weighted by atomic mass is 10.1. The van der Waals surface area contributed by atoms with Crippen molar-refractivity contribution in [1.29, 1.82) is 0 Å². The van der Waals surface area contributed by atoms with E-state index in [1.165, 1.54) is 12.8 Å². The number of halogens is 1. The summed E-state index contributed by atoms with van der Waals surface area (Å²) in [5.41, 5.74) is -0.217. The van der Waals surface area contributed by atoms with E-state index in [1.807, 2.05) is 24.3 Å². The molecule has 2 N–H and O–H groups in total. The molecule has 1 fully saturated rings. The smallest absolute Gasteiger partial charge is 0.0618 e. The molecule has 17 heavy (non-hydrogen) atoms. The standard InChI is InChI=1S/C13H18ClNOS/c1-13(8-16,15-10-6-7-10)9-17-12-5-3-2-4-11(12)14/h2-5,10,15-16H,6-9H2,1H3. The van der Waals surface area contributed by atoms with Crippen LogP contribution in [0.4, 0.5) is 0 Å². The van der Waals surface area contributed by atoms with Gasteiger partial charge in [-0.15, -0.1) is 11.8 Å². The maximum absolute atomic E-state index is 9.50. The summed E-state index contributed by atoms with van der Waals surface area (Å²) in [5, 5.41) is 13.8. The SMILES string of the molecule is CC(CO)(CSc1ccccc1Cl)NC1CC1. The number of aliphatic hydroxyl groups is 1. The van der Waals surface area contributed by atoms with Crippen LogP contribution in [-0.4, -0.2) is 29.0 Å². The average molecular weight is 272 g/mol. The molecule has 0 amide bonds. The third-order valence-corrected chi connectivity index (χ3v) is 4.75. The largest absolute Gasteiger partial charge is 0.394 e. The molecule has 0 heterocycles. The van der Waals surface area contributed by atoms with Gasteiger partial charge in [0.2, 0.25) is 0 Å². The van der Waals surface area contributed by atoms with E-state index >= 15 is 0 Å². The van der Waals surface area contributed by atoms with E-state index in [2.05, 4.69) is 12.2 Å². The summed E-state index contributed by atoms with van der Waals surface area (Å²) >= 11 is 7.80. The fourth-order valence-corrected chi connectivity index (χ4v) is 2.98. The van der Waals surface area contributed by atoms with Crippen LogP contribution < -0.4 is 5.32 Å². The van der Waals surface area contributed by atoms with Gasteiger partial charge in [-0.25, -0.2) is 0 Å². The molecule has 0 radical (unpaired) electrons. The van der Waals surface area contributed by atoms with Gasteiger partial charge < -0.3 is 10.4 Å². The molecule has 0 aromatic heterocycles. The number of benzene rings is 1. The monoisotopic (exact) mass is 271 g/mol. The van der Waals surface area contributed by atoms with Crippen molar-refractivity contribution in [3.8, 4) is 0 Å². The van der Waals surface area contributed by atoms with E-state index in [1.54, 1.807) is 11.8 Å². The molecule has 94 valence electrons. The van der Waals surface area contributed by atoms with Gasteiger partial charge in [0.15, 0.2) is 0 Å². The third-order valence-electron chi connectivity index (χ3n) is 2.86. The van der Waals surface area contributed by atoms with Gasteiger partial charge in [-0.1, -0.05) is 23.7 Å². The topological polar surface area (TPSA) is 32.3 Å². The van der Waals surface area contributed by atoms with E-state index in [4.69, 9.17) is 11.6 Å². The summed E-state index contributed by atoms with van der Waals surface area (Å²) in [5.74, 6) is 0.823. The highest BCUT2D eigenvalue weighted by Crippen LogP contribution is 2.30. The minimum atomic E-state index is -0.217. The molecule has 0 saturated heterocycles. The van der Waals surface area contributed by atoms with Gasteiger partial charge in [0.05, 0.1) is 11.6 Å². The number of aliphatic hydroxyl groups excluding tert-OH is 1. The fourth-order valence-electron chi connectivity index (χ4n) is 1.65. The van der Waals surface area contributed by atoms with Crippen molar-refractivity contribution in [1.82, 2.24) is 5.32 Å². The summed E-state index contributed by atoms with van der Waals surface area (Å²) in [6, 6.07) is 8.42. The minimum absolute atomic E-state index is 0.154. The van der Waals surface area contributed by atoms with Crippen molar-refractivity contribution in [2.45, 2.75) is 36.2 Å². The van der Waals surface area contributed by atoms with E-state index in [0.29, 0.717) is 6.04 Å². The second-order valence-electron chi connectivity index (χ2n) is 4.86. The Morgan fingerprint density at radius 2 is 2.18 bits per heavy atom. The van der Waals surface area contributed by atoms with Crippen LogP contribution in [0.5, 0.6) is 0 Å². The summed E-state index contributed by atoms with van der Waals surface area (Å²) < 4.78 is 0. The number of rotatable bonds is 6. The Morgan fingerprint density at radius 1 is 1.47 bits per heavy atom. The lowest BCUT2D eigenvalue weighted by Crippen LogP contribution is -2.49. The molecule has 1 aromatic rings. The molecule has 0 aliphatic heterocycles. The third kappa shape index (κ3) is 3.88. The first-order valence-electron chi connectivity index (χ1n) is 5.89. The molecule has 1 aromatic carbocycles. The van der Waals surface area contributed by atoms with Gasteiger partial charge in [-0.2, -0.15) is 0 Å². The highest BCUT2D eigenvalue weighted by atomic mass is 35.5. The zero-order chi connectivity index (χ0) is 12.3. The minimum Gasteiger partial charge on any atom is -0.394 e. The van der Waals surface area contributed by atoms with Crippen LogP contribution in [0.3, 0.4) is 0 Å². The number of hydrogen-bond acceptors (Lipinski definition) is 3. The maximum atomic E-state index is 9.50. The second-order valence-corrected chi connectivity index (χ2v) is 6.28. The summed E-state index contributed by atoms with van der Waals surface area (Å²) in [6.45, 7) is 2.22. The Balaban J connectivity index is 1.92. The zero-order valence-electron chi connectivity index (χ0n) is 9.95. The summed E-state index contributed by atoms with van der Waals surface area (Å²) in [7, 11) is 0. The van der Waals surface area contributed by atoms with E-state index in [0.717, 1.165) is 15.7 Å². The number of nitrogens with one attached hydrogen (secondary N) is 1. The molecule has 1 aliphatic rings. The van der Waals surface area contributed by atoms with Crippen LogP contribution in [0.1, 0.15) is 19.8 Å². The highest BCUT2D eigenvalue weighted by Gasteiger charge is 2.32. The molecule has 4 heteroatoms. The van der Waals surface area contributed by atoms with Crippen molar-refractivity contribution in [3.05, 3.63) is 29.3 Å². The van der Waals surface area contributed by atoms with Gasteiger partial charge in [-0.05, 0) is 31.9 Å². The van der Waals surface area contributed by atoms with Gasteiger partial charge in [0.1, 0.15) is 0 Å². The summed E-state index contributed by atoms with van der Waals surface area (Å²) in [4.78, 5) is 1.08. The first-order valence-corrected chi connectivity index (χ1v) is 7.25. The van der Waals surface area contributed by atoms with Gasteiger partial charge in [0.25, 0.3) is 0 Å². The molecular formula is C13H18ClNOS. The van der Waals surface area contributed by atoms with Crippen molar-refractivity contribution < 1.29 is 5.11 Å². The number of thioether (sulfide) groups is 1. The Labute approximate surface area is 112 Å². The van der Waals surface area contributed by atoms with Crippen LogP contribution in [0.2, 0.25) is 5.02 Å². The molecule has 0 bridgehead atoms. The van der Waals surface area contributed by atoms with Crippen molar-refractivity contribution >= 4 is 23.4 Å². The molecule has 1 unspecified atom stereocenters. The van der Waals surface area contributed by atoms with Crippen molar-refractivity contribution in [3.63, 3.8) is 0 Å². The van der Waals surface area contributed by atoms with E-state index in [9.17, 15) is 5.11 Å². The summed E-state index contributed by atoms with van der Waals surface area (Å²) in [6.07, 6.45) is 2.46. The molecule has 1 saturated carbocycles. The number of hydrogen-bond donors (Lipinski definition) is 2. The van der Waals surface area contributed by atoms with Crippen LogP contribution in [0.15, 0.2) is 29.2 Å². The normalized spacial score (nSPS) is 19.0. The van der Waals surface area contributed by atoms with E-state index < -0.39 is 0 Å². The van der Waals surface area contributed by atoms with Gasteiger partial charge >= 0.3 is 0 Å². The van der Waals surface area contributed by atoms with Crippen LogP contribution in [0.25, 0.3) is 0 Å². The second kappa shape index (κ2) is 5.61. The van der Waals surface area contributed by atoms with Crippen LogP contribution >= 0.6 is 23.4 Å². The predicted octanol–water partition coefficient (Wildman–Crippen LogP) is 2.94. The van der Waals surface area contributed by atoms with Gasteiger partial charge in [0, 0.05) is 22.2 Å². The highest BCUT2D eigenvalue weighted by molar-refractivity contribution is 7.99. The predicted molar refractivity (Wildman–Crippen MR) is 73.8 cm³/mol. The lowest BCUT2D eigenvalue weighted by molar-refractivity contribution is 0.190.